The summed E-state index contributed by atoms with van der Waals surface area (Å²) in [6, 6.07) is 12.8. The van der Waals surface area contributed by atoms with Gasteiger partial charge < -0.3 is 0 Å². The van der Waals surface area contributed by atoms with Crippen molar-refractivity contribution in [3.63, 3.8) is 0 Å². The maximum atomic E-state index is 12.4. The predicted molar refractivity (Wildman–Crippen MR) is 112 cm³/mol. The third kappa shape index (κ3) is 4.67. The van der Waals surface area contributed by atoms with Crippen LogP contribution in [-0.4, -0.2) is 60.3 Å². The summed E-state index contributed by atoms with van der Waals surface area (Å²) < 4.78 is 131. The fourth-order valence-corrected chi connectivity index (χ4v) is 15.5. The first kappa shape index (κ1) is 25.8. The van der Waals surface area contributed by atoms with Gasteiger partial charge in [-0.15, -0.1) is 0 Å². The van der Waals surface area contributed by atoms with E-state index in [1.54, 1.807) is 0 Å². The van der Waals surface area contributed by atoms with Gasteiger partial charge >= 0.3 is 33.8 Å². The van der Waals surface area contributed by atoms with E-state index in [9.17, 15) is 51.9 Å². The summed E-state index contributed by atoms with van der Waals surface area (Å²) in [6.45, 7) is 0. The Morgan fingerprint density at radius 3 is 1.10 bits per heavy atom. The van der Waals surface area contributed by atoms with Gasteiger partial charge in [0.2, 0.25) is 0 Å². The monoisotopic (exact) mass is 534 g/mol. The second kappa shape index (κ2) is 8.46. The van der Waals surface area contributed by atoms with Crippen molar-refractivity contribution in [2.45, 2.75) is 8.40 Å². The van der Waals surface area contributed by atoms with Crippen LogP contribution in [0.4, 0.5) is 0 Å². The Morgan fingerprint density at radius 1 is 0.581 bits per heavy atom. The molecular weight excluding hydrogens is 519 g/mol. The Balaban J connectivity index is 3.23. The average Bonchev–Trinajstić information content (AvgIpc) is 2.59. The van der Waals surface area contributed by atoms with Crippen LogP contribution in [0.2, 0.25) is 0 Å². The summed E-state index contributed by atoms with van der Waals surface area (Å²) in [7, 11) is -29.1. The van der Waals surface area contributed by atoms with Crippen molar-refractivity contribution < 1.29 is 51.9 Å². The summed E-state index contributed by atoms with van der Waals surface area (Å²) in [5.41, 5.74) is 0. The molecule has 172 valence electrons. The zero-order chi connectivity index (χ0) is 23.9. The summed E-state index contributed by atoms with van der Waals surface area (Å²) in [6.07, 6.45) is 0. The summed E-state index contributed by atoms with van der Waals surface area (Å²) in [4.78, 5) is -3.50. The van der Waals surface area contributed by atoms with Gasteiger partial charge in [0, 0.05) is 0 Å². The molecule has 17 heteroatoms. The number of hydrogen-bond donors (Lipinski definition) is 4. The fourth-order valence-electron chi connectivity index (χ4n) is 2.85. The minimum atomic E-state index is -6.68. The largest absolute Gasteiger partial charge is 0.368 e. The molecule has 1 unspecified atom stereocenters. The third-order valence-electron chi connectivity index (χ3n) is 3.97. The molecule has 0 saturated heterocycles. The second-order valence-corrected chi connectivity index (χ2v) is 15.6. The molecule has 0 fully saturated rings. The molecule has 0 radical (unpaired) electrons. The minimum Gasteiger partial charge on any atom is -0.285 e. The molecule has 0 bridgehead atoms. The van der Waals surface area contributed by atoms with Gasteiger partial charge in [-0.05, 0) is 18.5 Å². The smallest absolute Gasteiger partial charge is 0.285 e. The second-order valence-electron chi connectivity index (χ2n) is 5.94. The Kier molecular flexibility index (Phi) is 7.03. The van der Waals surface area contributed by atoms with E-state index in [4.69, 9.17) is 0 Å². The van der Waals surface area contributed by atoms with Crippen LogP contribution in [0.5, 0.6) is 0 Å². The lowest BCUT2D eigenvalue weighted by atomic mass is 10.4. The molecule has 4 N–H and O–H groups in total. The van der Waals surface area contributed by atoms with E-state index in [2.05, 4.69) is 0 Å². The molecule has 0 heterocycles. The average molecular weight is 535 g/mol. The molecule has 12 nitrogen and oxygen atoms in total. The summed E-state index contributed by atoms with van der Waals surface area (Å²) in [5.74, 6) is 0. The van der Waals surface area contributed by atoms with E-state index in [0.717, 1.165) is 0 Å². The first-order chi connectivity index (χ1) is 14.0. The van der Waals surface area contributed by atoms with Crippen molar-refractivity contribution in [2.75, 3.05) is 0 Å². The Hall–Kier alpha value is -1.49. The van der Waals surface area contributed by atoms with E-state index in [0.29, 0.717) is 0 Å². The zero-order valence-corrected chi connectivity index (χ0v) is 19.1. The molecular formula is C14H15O12PS4. The van der Waals surface area contributed by atoms with E-state index >= 15 is 0 Å². The zero-order valence-electron chi connectivity index (χ0n) is 15.0. The molecule has 0 aliphatic rings. The van der Waals surface area contributed by atoms with Crippen LogP contribution in [0.3, 0.4) is 0 Å². The van der Waals surface area contributed by atoms with Crippen molar-refractivity contribution >= 4 is 59.0 Å². The van der Waals surface area contributed by atoms with Crippen LogP contribution in [0, 0.1) is 0 Å². The van der Waals surface area contributed by atoms with Crippen LogP contribution in [0.1, 0.15) is 0 Å². The van der Waals surface area contributed by atoms with Crippen molar-refractivity contribution in [3.05, 3.63) is 60.7 Å². The molecule has 0 saturated carbocycles. The van der Waals surface area contributed by atoms with Crippen LogP contribution in [0.15, 0.2) is 60.7 Å². The van der Waals surface area contributed by atoms with Gasteiger partial charge in [-0.25, -0.2) is 0 Å². The fraction of sp³-hybridized carbons (Fsp3) is 0.143. The van der Waals surface area contributed by atoms with Gasteiger partial charge in [0.1, 0.15) is 0 Å². The van der Waals surface area contributed by atoms with Gasteiger partial charge in [0.25, 0.3) is 10.1 Å². The molecule has 0 amide bonds. The van der Waals surface area contributed by atoms with Crippen LogP contribution >= 0.6 is 7.92 Å². The predicted octanol–water partition coefficient (Wildman–Crippen LogP) is -0.350. The molecule has 0 aromatic heterocycles. The van der Waals surface area contributed by atoms with Crippen molar-refractivity contribution in [1.29, 1.82) is 0 Å². The lowest BCUT2D eigenvalue weighted by Gasteiger charge is -2.35. The maximum absolute atomic E-state index is 12.4. The highest BCUT2D eigenvalue weighted by atomic mass is 32.3. The molecule has 0 spiro atoms. The van der Waals surface area contributed by atoms with Crippen LogP contribution in [-0.2, 0) is 40.5 Å². The standard InChI is InChI=1S/C14H15O12PS4/c15-28(16,17)13(14(29(18,19)20,30(21,22)23)31(24,25)26)27(11-7-3-1-4-8-11)12-9-5-2-6-10-12/h1-10,13H,(H,15,16,17)(H,18,19,20)(H,21,22,23)(H,24,25,26). The Morgan fingerprint density at radius 2 is 0.871 bits per heavy atom. The topological polar surface area (TPSA) is 217 Å². The minimum absolute atomic E-state index is 0.174. The molecule has 2 aromatic rings. The molecule has 31 heavy (non-hydrogen) atoms. The van der Waals surface area contributed by atoms with Crippen molar-refractivity contribution in [3.8, 4) is 0 Å². The number of rotatable bonds is 8. The lowest BCUT2D eigenvalue weighted by Crippen LogP contribution is -2.62. The Labute approximate surface area is 179 Å². The lowest BCUT2D eigenvalue weighted by molar-refractivity contribution is 0.416. The highest BCUT2D eigenvalue weighted by Crippen LogP contribution is 2.53. The summed E-state index contributed by atoms with van der Waals surface area (Å²) >= 11 is 0. The maximum Gasteiger partial charge on any atom is 0.368 e. The van der Waals surface area contributed by atoms with Gasteiger partial charge in [-0.2, -0.15) is 33.7 Å². The number of benzene rings is 2. The van der Waals surface area contributed by atoms with E-state index < -0.39 is 56.8 Å². The van der Waals surface area contributed by atoms with Gasteiger partial charge in [-0.1, -0.05) is 60.7 Å². The molecule has 0 aliphatic heterocycles. The summed E-state index contributed by atoms with van der Waals surface area (Å²) in [5, 5.41) is -0.349. The molecule has 2 aromatic carbocycles. The SMILES string of the molecule is O=S(=O)(O)C(P(c1ccccc1)c1ccccc1)C(S(=O)(=O)O)(S(=O)(=O)O)S(=O)(=O)O. The van der Waals surface area contributed by atoms with E-state index in [1.807, 2.05) is 0 Å². The molecule has 1 atom stereocenters. The third-order valence-corrected chi connectivity index (χ3v) is 16.5. The van der Waals surface area contributed by atoms with Gasteiger partial charge in [0.15, 0.2) is 4.99 Å². The van der Waals surface area contributed by atoms with E-state index in [1.165, 1.54) is 60.7 Å². The van der Waals surface area contributed by atoms with Crippen molar-refractivity contribution in [1.82, 2.24) is 0 Å². The first-order valence-corrected chi connectivity index (χ1v) is 15.0. The van der Waals surface area contributed by atoms with Crippen LogP contribution in [0.25, 0.3) is 0 Å². The van der Waals surface area contributed by atoms with Crippen molar-refractivity contribution in [2.24, 2.45) is 0 Å². The van der Waals surface area contributed by atoms with Crippen LogP contribution < -0.4 is 10.6 Å². The van der Waals surface area contributed by atoms with Gasteiger partial charge in [0.05, 0.1) is 0 Å². The normalized spacial score (nSPS) is 15.0. The molecule has 2 rings (SSSR count). The Bertz CT molecular complexity index is 1250. The quantitative estimate of drug-likeness (QED) is 0.252. The number of hydrogen-bond acceptors (Lipinski definition) is 8. The van der Waals surface area contributed by atoms with E-state index in [-0.39, 0.29) is 10.6 Å². The first-order valence-electron chi connectivity index (χ1n) is 7.73. The highest BCUT2D eigenvalue weighted by Gasteiger charge is 2.75. The molecule has 0 aliphatic carbocycles. The van der Waals surface area contributed by atoms with Gasteiger partial charge in [-0.3, -0.25) is 18.2 Å². The highest BCUT2D eigenvalue weighted by molar-refractivity contribution is 8.23.